The average molecular weight is 441 g/mol. The van der Waals surface area contributed by atoms with E-state index in [4.69, 9.17) is 0 Å². The van der Waals surface area contributed by atoms with Crippen molar-refractivity contribution in [3.8, 4) is 0 Å². The number of unbranched alkanes of at least 4 members (excludes halogenated alkanes) is 1. The summed E-state index contributed by atoms with van der Waals surface area (Å²) in [5, 5.41) is 0. The molecule has 31 heavy (non-hydrogen) atoms. The maximum atomic E-state index is 14.3. The monoisotopic (exact) mass is 440 g/mol. The van der Waals surface area contributed by atoms with E-state index in [-0.39, 0.29) is 6.42 Å². The largest absolute Gasteiger partial charge is 0.335 e. The lowest BCUT2D eigenvalue weighted by molar-refractivity contribution is -0.219. The molecule has 0 spiro atoms. The molecule has 0 nitrogen and oxygen atoms in total. The Hall–Kier alpha value is -1.06. The summed E-state index contributed by atoms with van der Waals surface area (Å²) in [6.07, 6.45) is 13.4. The molecule has 4 heteroatoms. The van der Waals surface area contributed by atoms with Gasteiger partial charge in [0.05, 0.1) is 0 Å². The lowest BCUT2D eigenvalue weighted by Gasteiger charge is -2.38. The van der Waals surface area contributed by atoms with Crippen LogP contribution in [-0.4, -0.2) is 5.92 Å². The van der Waals surface area contributed by atoms with Crippen molar-refractivity contribution in [1.82, 2.24) is 0 Å². The van der Waals surface area contributed by atoms with Gasteiger partial charge in [0, 0.05) is 12.0 Å². The normalized spacial score (nSPS) is 27.9. The second-order valence-electron chi connectivity index (χ2n) is 10.2. The highest BCUT2D eigenvalue weighted by atomic mass is 19.3. The van der Waals surface area contributed by atoms with Crippen molar-refractivity contribution in [2.45, 2.75) is 115 Å². The molecule has 1 aromatic rings. The summed E-state index contributed by atoms with van der Waals surface area (Å²) in [6, 6.07) is 5.77. The number of halogens is 4. The quantitative estimate of drug-likeness (QED) is 0.335. The van der Waals surface area contributed by atoms with Crippen molar-refractivity contribution in [3.05, 3.63) is 35.4 Å². The fourth-order valence-corrected chi connectivity index (χ4v) is 6.01. The number of hydrogen-bond donors (Lipinski definition) is 0. The number of rotatable bonds is 9. The molecular formula is C27H40F4. The Bertz CT molecular complexity index is 650. The van der Waals surface area contributed by atoms with Crippen LogP contribution in [0.5, 0.6) is 0 Å². The first-order valence-corrected chi connectivity index (χ1v) is 12.6. The Morgan fingerprint density at radius 1 is 0.742 bits per heavy atom. The topological polar surface area (TPSA) is 0 Å². The van der Waals surface area contributed by atoms with Crippen molar-refractivity contribution in [2.24, 2.45) is 17.8 Å². The Morgan fingerprint density at radius 2 is 1.29 bits per heavy atom. The smallest absolute Gasteiger partial charge is 0.199 e. The second-order valence-corrected chi connectivity index (χ2v) is 10.2. The molecule has 2 aliphatic carbocycles. The van der Waals surface area contributed by atoms with E-state index in [1.165, 1.54) is 76.8 Å². The van der Waals surface area contributed by atoms with E-state index in [1.807, 2.05) is 0 Å². The summed E-state index contributed by atoms with van der Waals surface area (Å²) < 4.78 is 56.4. The average Bonchev–Trinajstić information content (AvgIpc) is 2.78. The molecule has 3 rings (SSSR count). The summed E-state index contributed by atoms with van der Waals surface area (Å²) in [5.74, 6) is -5.14. The minimum atomic E-state index is -4.12. The number of benzene rings is 1. The van der Waals surface area contributed by atoms with E-state index in [9.17, 15) is 17.6 Å². The molecule has 0 N–H and O–H groups in total. The minimum Gasteiger partial charge on any atom is -0.199 e. The van der Waals surface area contributed by atoms with Gasteiger partial charge in [-0.3, -0.25) is 0 Å². The molecule has 2 saturated carbocycles. The summed E-state index contributed by atoms with van der Waals surface area (Å²) in [6.45, 7) is 3.77. The van der Waals surface area contributed by atoms with Gasteiger partial charge in [-0.25, -0.2) is 0 Å². The van der Waals surface area contributed by atoms with Crippen LogP contribution in [0, 0.1) is 17.8 Å². The molecule has 0 amide bonds. The van der Waals surface area contributed by atoms with Crippen LogP contribution in [-0.2, 0) is 5.92 Å². The molecule has 0 aliphatic heterocycles. The predicted molar refractivity (Wildman–Crippen MR) is 120 cm³/mol. The predicted octanol–water partition coefficient (Wildman–Crippen LogP) is 9.48. The van der Waals surface area contributed by atoms with E-state index in [0.29, 0.717) is 5.92 Å². The summed E-state index contributed by atoms with van der Waals surface area (Å²) >= 11 is 0. The van der Waals surface area contributed by atoms with Gasteiger partial charge in [-0.15, -0.1) is 0 Å². The van der Waals surface area contributed by atoms with Crippen molar-refractivity contribution >= 4 is 0 Å². The zero-order valence-electron chi connectivity index (χ0n) is 19.3. The molecule has 2 fully saturated rings. The Kier molecular flexibility index (Phi) is 8.49. The highest BCUT2D eigenvalue weighted by Gasteiger charge is 2.56. The molecule has 0 atom stereocenters. The molecule has 0 bridgehead atoms. The van der Waals surface area contributed by atoms with E-state index < -0.39 is 23.8 Å². The molecule has 0 saturated heterocycles. The molecule has 0 radical (unpaired) electrons. The maximum Gasteiger partial charge on any atom is 0.335 e. The van der Waals surface area contributed by atoms with Gasteiger partial charge in [-0.2, -0.15) is 17.6 Å². The SMILES string of the molecule is CCCCC1CCC(C2CCC(c3ccc(C(F)(F)C(F)(F)CCC)cc3)CC2)CC1. The summed E-state index contributed by atoms with van der Waals surface area (Å²) in [4.78, 5) is 0. The van der Waals surface area contributed by atoms with E-state index in [2.05, 4.69) is 6.92 Å². The van der Waals surface area contributed by atoms with Gasteiger partial charge in [0.2, 0.25) is 0 Å². The molecule has 0 aromatic heterocycles. The van der Waals surface area contributed by atoms with Gasteiger partial charge in [0.1, 0.15) is 0 Å². The third kappa shape index (κ3) is 5.85. The van der Waals surface area contributed by atoms with Crippen LogP contribution >= 0.6 is 0 Å². The van der Waals surface area contributed by atoms with E-state index in [0.717, 1.165) is 36.2 Å². The van der Waals surface area contributed by atoms with Gasteiger partial charge >= 0.3 is 11.8 Å². The first kappa shape index (κ1) is 24.6. The molecule has 0 heterocycles. The molecule has 1 aromatic carbocycles. The van der Waals surface area contributed by atoms with Gasteiger partial charge in [-0.1, -0.05) is 76.6 Å². The first-order chi connectivity index (χ1) is 14.8. The minimum absolute atomic E-state index is 0.0320. The van der Waals surface area contributed by atoms with Gasteiger partial charge in [-0.05, 0) is 67.8 Å². The molecule has 2 aliphatic rings. The molecular weight excluding hydrogens is 400 g/mol. The van der Waals surface area contributed by atoms with Crippen molar-refractivity contribution in [2.75, 3.05) is 0 Å². The summed E-state index contributed by atoms with van der Waals surface area (Å²) in [5.41, 5.74) is 0.461. The molecule has 0 unspecified atom stereocenters. The standard InChI is InChI=1S/C27H40F4/c1-3-5-6-20-7-9-21(10-8-20)22-11-13-23(14-12-22)24-15-17-25(18-16-24)27(30,31)26(28,29)19-4-2/h15-18,20-23H,3-14,19H2,1-2H3. The lowest BCUT2D eigenvalue weighted by atomic mass is 9.68. The maximum absolute atomic E-state index is 14.3. The van der Waals surface area contributed by atoms with Crippen LogP contribution < -0.4 is 0 Å². The van der Waals surface area contributed by atoms with Crippen LogP contribution in [0.4, 0.5) is 17.6 Å². The number of hydrogen-bond acceptors (Lipinski definition) is 0. The third-order valence-corrected chi connectivity index (χ3v) is 8.06. The van der Waals surface area contributed by atoms with Gasteiger partial charge in [0.25, 0.3) is 0 Å². The highest BCUT2D eigenvalue weighted by molar-refractivity contribution is 5.29. The van der Waals surface area contributed by atoms with E-state index >= 15 is 0 Å². The highest BCUT2D eigenvalue weighted by Crippen LogP contribution is 2.47. The fourth-order valence-electron chi connectivity index (χ4n) is 6.01. The van der Waals surface area contributed by atoms with Crippen LogP contribution in [0.3, 0.4) is 0 Å². The first-order valence-electron chi connectivity index (χ1n) is 12.6. The van der Waals surface area contributed by atoms with Gasteiger partial charge in [0.15, 0.2) is 0 Å². The zero-order valence-corrected chi connectivity index (χ0v) is 19.3. The van der Waals surface area contributed by atoms with Crippen LogP contribution in [0.15, 0.2) is 24.3 Å². The van der Waals surface area contributed by atoms with Crippen LogP contribution in [0.2, 0.25) is 0 Å². The molecule has 176 valence electrons. The van der Waals surface area contributed by atoms with Crippen molar-refractivity contribution in [1.29, 1.82) is 0 Å². The van der Waals surface area contributed by atoms with Gasteiger partial charge < -0.3 is 0 Å². The van der Waals surface area contributed by atoms with E-state index in [1.54, 1.807) is 12.1 Å². The van der Waals surface area contributed by atoms with Crippen molar-refractivity contribution in [3.63, 3.8) is 0 Å². The van der Waals surface area contributed by atoms with Crippen LogP contribution in [0.25, 0.3) is 0 Å². The second kappa shape index (κ2) is 10.7. The Morgan fingerprint density at radius 3 is 1.81 bits per heavy atom. The zero-order chi connectivity index (χ0) is 22.5. The lowest BCUT2D eigenvalue weighted by Crippen LogP contribution is -2.37. The van der Waals surface area contributed by atoms with Crippen LogP contribution in [0.1, 0.15) is 114 Å². The fraction of sp³-hybridized carbons (Fsp3) is 0.778. The van der Waals surface area contributed by atoms with Crippen molar-refractivity contribution < 1.29 is 17.6 Å². The summed E-state index contributed by atoms with van der Waals surface area (Å²) in [7, 11) is 0. The number of alkyl halides is 4. The Labute approximate surface area is 186 Å². The Balaban J connectivity index is 1.51. The third-order valence-electron chi connectivity index (χ3n) is 8.06.